The molecule has 2 aromatic rings. The molecular formula is C14H18N6O. The van der Waals surface area contributed by atoms with Gasteiger partial charge in [0.15, 0.2) is 5.82 Å². The van der Waals surface area contributed by atoms with Gasteiger partial charge in [0, 0.05) is 13.1 Å². The van der Waals surface area contributed by atoms with Gasteiger partial charge in [-0.05, 0) is 30.9 Å². The normalized spacial score (nSPS) is 17.6. The van der Waals surface area contributed by atoms with E-state index in [1.807, 2.05) is 12.1 Å². The number of ether oxygens (including phenoxy) is 1. The number of rotatable bonds is 4. The first-order valence-electron chi connectivity index (χ1n) is 7.30. The van der Waals surface area contributed by atoms with E-state index in [0.717, 1.165) is 31.3 Å². The molecule has 0 amide bonds. The van der Waals surface area contributed by atoms with Gasteiger partial charge in [-0.3, -0.25) is 0 Å². The lowest BCUT2D eigenvalue weighted by Gasteiger charge is -2.28. The van der Waals surface area contributed by atoms with Gasteiger partial charge in [-0.25, -0.2) is 0 Å². The number of anilines is 2. The van der Waals surface area contributed by atoms with Gasteiger partial charge in [-0.2, -0.15) is 4.98 Å². The van der Waals surface area contributed by atoms with Crippen molar-refractivity contribution in [3.05, 3.63) is 24.3 Å². The third-order valence-corrected chi connectivity index (χ3v) is 3.99. The molecule has 0 aromatic carbocycles. The maximum Gasteiger partial charge on any atom is 0.239 e. The Hall–Kier alpha value is -2.31. The SMILES string of the molecule is Nc1ccc(N2CCn3cnnc3C2)nc1OCC1CC1. The fourth-order valence-electron chi connectivity index (χ4n) is 2.48. The standard InChI is InChI=1S/C14H18N6O/c15-11-3-4-12(17-14(11)21-8-10-1-2-10)19-5-6-20-9-16-18-13(20)7-19/h3-4,9-10H,1-2,5-8,15H2. The molecule has 1 fully saturated rings. The smallest absolute Gasteiger partial charge is 0.239 e. The van der Waals surface area contributed by atoms with E-state index in [4.69, 9.17) is 10.5 Å². The summed E-state index contributed by atoms with van der Waals surface area (Å²) in [5, 5.41) is 8.07. The molecule has 7 nitrogen and oxygen atoms in total. The highest BCUT2D eigenvalue weighted by atomic mass is 16.5. The molecule has 0 bridgehead atoms. The zero-order valence-electron chi connectivity index (χ0n) is 11.8. The highest BCUT2D eigenvalue weighted by Gasteiger charge is 2.23. The first kappa shape index (κ1) is 12.4. The Morgan fingerprint density at radius 3 is 3.05 bits per heavy atom. The Kier molecular flexibility index (Phi) is 2.90. The van der Waals surface area contributed by atoms with Crippen molar-refractivity contribution in [2.24, 2.45) is 5.92 Å². The molecule has 0 saturated heterocycles. The van der Waals surface area contributed by atoms with Crippen molar-refractivity contribution in [3.8, 4) is 5.88 Å². The van der Waals surface area contributed by atoms with Gasteiger partial charge in [-0.1, -0.05) is 0 Å². The third kappa shape index (κ3) is 2.51. The molecule has 1 aliphatic carbocycles. The number of nitrogens with zero attached hydrogens (tertiary/aromatic N) is 5. The average Bonchev–Trinajstić information content (AvgIpc) is 3.21. The zero-order valence-corrected chi connectivity index (χ0v) is 11.8. The van der Waals surface area contributed by atoms with Crippen LogP contribution in [-0.4, -0.2) is 32.9 Å². The van der Waals surface area contributed by atoms with E-state index >= 15 is 0 Å². The quantitative estimate of drug-likeness (QED) is 0.905. The predicted octanol–water partition coefficient (Wildman–Crippen LogP) is 1.06. The molecule has 0 radical (unpaired) electrons. The van der Waals surface area contributed by atoms with Gasteiger partial charge >= 0.3 is 0 Å². The van der Waals surface area contributed by atoms with Crippen LogP contribution in [0.4, 0.5) is 11.5 Å². The summed E-state index contributed by atoms with van der Waals surface area (Å²) in [7, 11) is 0. The lowest BCUT2D eigenvalue weighted by molar-refractivity contribution is 0.290. The van der Waals surface area contributed by atoms with Crippen LogP contribution in [0.5, 0.6) is 5.88 Å². The van der Waals surface area contributed by atoms with Crippen LogP contribution in [0.2, 0.25) is 0 Å². The molecule has 3 heterocycles. The van der Waals surface area contributed by atoms with Crippen LogP contribution in [0, 0.1) is 5.92 Å². The maximum absolute atomic E-state index is 5.95. The molecule has 4 rings (SSSR count). The first-order valence-corrected chi connectivity index (χ1v) is 7.30. The van der Waals surface area contributed by atoms with Gasteiger partial charge in [0.2, 0.25) is 5.88 Å². The Morgan fingerprint density at radius 1 is 1.29 bits per heavy atom. The summed E-state index contributed by atoms with van der Waals surface area (Å²) < 4.78 is 7.82. The van der Waals surface area contributed by atoms with E-state index in [1.54, 1.807) is 6.33 Å². The molecule has 0 unspecified atom stereocenters. The van der Waals surface area contributed by atoms with E-state index in [0.29, 0.717) is 24.0 Å². The topological polar surface area (TPSA) is 82.1 Å². The number of fused-ring (bicyclic) bond motifs is 1. The second-order valence-corrected chi connectivity index (χ2v) is 5.68. The Balaban J connectivity index is 1.53. The number of aromatic nitrogens is 4. The molecule has 21 heavy (non-hydrogen) atoms. The van der Waals surface area contributed by atoms with Gasteiger partial charge < -0.3 is 19.9 Å². The second kappa shape index (κ2) is 4.91. The molecule has 2 aliphatic rings. The van der Waals surface area contributed by atoms with E-state index in [2.05, 4.69) is 24.6 Å². The summed E-state index contributed by atoms with van der Waals surface area (Å²) >= 11 is 0. The number of hydrogen-bond acceptors (Lipinski definition) is 6. The summed E-state index contributed by atoms with van der Waals surface area (Å²) in [6, 6.07) is 3.80. The summed E-state index contributed by atoms with van der Waals surface area (Å²) in [5.41, 5.74) is 6.55. The minimum Gasteiger partial charge on any atom is -0.476 e. The molecular weight excluding hydrogens is 268 g/mol. The van der Waals surface area contributed by atoms with Crippen LogP contribution >= 0.6 is 0 Å². The van der Waals surface area contributed by atoms with Gasteiger partial charge in [0.1, 0.15) is 12.1 Å². The van der Waals surface area contributed by atoms with Crippen LogP contribution in [0.1, 0.15) is 18.7 Å². The molecule has 2 aromatic heterocycles. The van der Waals surface area contributed by atoms with Crippen molar-refractivity contribution in [3.63, 3.8) is 0 Å². The van der Waals surface area contributed by atoms with E-state index in [1.165, 1.54) is 12.8 Å². The lowest BCUT2D eigenvalue weighted by Crippen LogP contribution is -2.34. The molecule has 0 spiro atoms. The van der Waals surface area contributed by atoms with E-state index < -0.39 is 0 Å². The summed E-state index contributed by atoms with van der Waals surface area (Å²) in [6.45, 7) is 3.17. The highest BCUT2D eigenvalue weighted by molar-refractivity contribution is 5.54. The Labute approximate surface area is 122 Å². The Bertz CT molecular complexity index is 651. The summed E-state index contributed by atoms with van der Waals surface area (Å²) in [4.78, 5) is 6.75. The largest absolute Gasteiger partial charge is 0.476 e. The van der Waals surface area contributed by atoms with Crippen molar-refractivity contribution >= 4 is 11.5 Å². The molecule has 7 heteroatoms. The number of pyridine rings is 1. The van der Waals surface area contributed by atoms with Gasteiger partial charge in [0.25, 0.3) is 0 Å². The Morgan fingerprint density at radius 2 is 2.19 bits per heavy atom. The van der Waals surface area contributed by atoms with Crippen LogP contribution < -0.4 is 15.4 Å². The predicted molar refractivity (Wildman–Crippen MR) is 77.9 cm³/mol. The number of nitrogen functional groups attached to an aromatic ring is 1. The zero-order chi connectivity index (χ0) is 14.2. The van der Waals surface area contributed by atoms with Crippen LogP contribution in [0.3, 0.4) is 0 Å². The van der Waals surface area contributed by atoms with Crippen molar-refractivity contribution in [2.45, 2.75) is 25.9 Å². The average molecular weight is 286 g/mol. The molecule has 0 atom stereocenters. The van der Waals surface area contributed by atoms with Crippen molar-refractivity contribution < 1.29 is 4.74 Å². The fourth-order valence-corrected chi connectivity index (χ4v) is 2.48. The van der Waals surface area contributed by atoms with Crippen LogP contribution in [0.15, 0.2) is 18.5 Å². The van der Waals surface area contributed by atoms with E-state index in [-0.39, 0.29) is 0 Å². The third-order valence-electron chi connectivity index (χ3n) is 3.99. The molecule has 1 aliphatic heterocycles. The number of nitrogens with two attached hydrogens (primary N) is 1. The minimum atomic E-state index is 0.548. The lowest BCUT2D eigenvalue weighted by atomic mass is 10.3. The summed E-state index contributed by atoms with van der Waals surface area (Å²) in [6.07, 6.45) is 4.27. The van der Waals surface area contributed by atoms with E-state index in [9.17, 15) is 0 Å². The molecule has 1 saturated carbocycles. The van der Waals surface area contributed by atoms with Crippen molar-refractivity contribution in [1.82, 2.24) is 19.7 Å². The van der Waals surface area contributed by atoms with Crippen molar-refractivity contribution in [1.29, 1.82) is 0 Å². The highest BCUT2D eigenvalue weighted by Crippen LogP contribution is 2.31. The van der Waals surface area contributed by atoms with Gasteiger partial charge in [0.05, 0.1) is 18.8 Å². The van der Waals surface area contributed by atoms with Crippen LogP contribution in [0.25, 0.3) is 0 Å². The second-order valence-electron chi connectivity index (χ2n) is 5.68. The number of hydrogen-bond donors (Lipinski definition) is 1. The monoisotopic (exact) mass is 286 g/mol. The minimum absolute atomic E-state index is 0.548. The fraction of sp³-hybridized carbons (Fsp3) is 0.500. The molecule has 2 N–H and O–H groups in total. The molecule has 110 valence electrons. The van der Waals surface area contributed by atoms with Crippen molar-refractivity contribution in [2.75, 3.05) is 23.8 Å². The first-order chi connectivity index (χ1) is 10.3. The van der Waals surface area contributed by atoms with Crippen LogP contribution in [-0.2, 0) is 13.1 Å². The van der Waals surface area contributed by atoms with Gasteiger partial charge in [-0.15, -0.1) is 10.2 Å². The maximum atomic E-state index is 5.95. The summed E-state index contributed by atoms with van der Waals surface area (Å²) in [5.74, 6) is 3.07.